The molecule has 0 aromatic heterocycles. The maximum atomic E-state index is 13.6. The Balaban J connectivity index is 2.22. The van der Waals surface area contributed by atoms with Gasteiger partial charge < -0.3 is 20.3 Å². The molecule has 128 valence electrons. The second-order valence-electron chi connectivity index (χ2n) is 6.14. The van der Waals surface area contributed by atoms with Crippen LogP contribution < -0.4 is 10.5 Å². The fourth-order valence-electron chi connectivity index (χ4n) is 2.86. The van der Waals surface area contributed by atoms with Crippen molar-refractivity contribution < 1.29 is 13.9 Å². The van der Waals surface area contributed by atoms with Crippen LogP contribution in [0.3, 0.4) is 0 Å². The summed E-state index contributed by atoms with van der Waals surface area (Å²) in [7, 11) is 4.05. The van der Waals surface area contributed by atoms with Gasteiger partial charge in [0.25, 0.3) is 5.91 Å². The smallest absolute Gasteiger partial charge is 0.257 e. The Kier molecular flexibility index (Phi) is 6.36. The van der Waals surface area contributed by atoms with E-state index in [4.69, 9.17) is 10.5 Å². The average Bonchev–Trinajstić information content (AvgIpc) is 2.79. The SMILES string of the molecule is CN(C)[C@H]1CCCCN(C(=O)c2cc(F)ccc2OCCN)C1. The van der Waals surface area contributed by atoms with Crippen molar-refractivity contribution in [1.82, 2.24) is 9.80 Å². The van der Waals surface area contributed by atoms with E-state index < -0.39 is 5.82 Å². The number of ether oxygens (including phenoxy) is 1. The molecule has 1 saturated heterocycles. The first-order valence-electron chi connectivity index (χ1n) is 8.11. The summed E-state index contributed by atoms with van der Waals surface area (Å²) in [6.45, 7) is 1.98. The summed E-state index contributed by atoms with van der Waals surface area (Å²) in [4.78, 5) is 16.8. The van der Waals surface area contributed by atoms with Gasteiger partial charge in [-0.05, 0) is 45.1 Å². The average molecular weight is 323 g/mol. The molecule has 1 atom stereocenters. The number of rotatable bonds is 5. The third kappa shape index (κ3) is 4.65. The van der Waals surface area contributed by atoms with Crippen LogP contribution in [-0.4, -0.2) is 62.1 Å². The van der Waals surface area contributed by atoms with E-state index >= 15 is 0 Å². The van der Waals surface area contributed by atoms with Crippen molar-refractivity contribution in [2.45, 2.75) is 25.3 Å². The number of carbonyl (C=O) groups is 1. The highest BCUT2D eigenvalue weighted by molar-refractivity contribution is 5.97. The van der Waals surface area contributed by atoms with Gasteiger partial charge in [0.1, 0.15) is 18.2 Å². The number of hydrogen-bond acceptors (Lipinski definition) is 4. The molecule has 1 fully saturated rings. The lowest BCUT2D eigenvalue weighted by molar-refractivity contribution is 0.0720. The summed E-state index contributed by atoms with van der Waals surface area (Å²) in [6.07, 6.45) is 3.12. The number of likely N-dealkylation sites (tertiary alicyclic amines) is 1. The molecular formula is C17H26FN3O2. The predicted molar refractivity (Wildman–Crippen MR) is 88.2 cm³/mol. The molecule has 1 aliphatic heterocycles. The van der Waals surface area contributed by atoms with Gasteiger partial charge in [-0.3, -0.25) is 4.79 Å². The molecule has 1 heterocycles. The fourth-order valence-corrected chi connectivity index (χ4v) is 2.86. The van der Waals surface area contributed by atoms with Crippen molar-refractivity contribution in [2.75, 3.05) is 40.3 Å². The van der Waals surface area contributed by atoms with Gasteiger partial charge in [0.2, 0.25) is 0 Å². The first-order chi connectivity index (χ1) is 11.0. The van der Waals surface area contributed by atoms with Crippen LogP contribution in [0.25, 0.3) is 0 Å². The van der Waals surface area contributed by atoms with Gasteiger partial charge in [0.15, 0.2) is 0 Å². The van der Waals surface area contributed by atoms with E-state index in [2.05, 4.69) is 4.90 Å². The van der Waals surface area contributed by atoms with Crippen molar-refractivity contribution in [3.8, 4) is 5.75 Å². The molecule has 1 aromatic rings. The Morgan fingerprint density at radius 2 is 2.22 bits per heavy atom. The molecule has 0 aliphatic carbocycles. The normalized spacial score (nSPS) is 18.8. The third-order valence-electron chi connectivity index (χ3n) is 4.21. The van der Waals surface area contributed by atoms with Crippen LogP contribution in [0.5, 0.6) is 5.75 Å². The van der Waals surface area contributed by atoms with Crippen molar-refractivity contribution in [3.63, 3.8) is 0 Å². The Morgan fingerprint density at radius 3 is 2.91 bits per heavy atom. The van der Waals surface area contributed by atoms with E-state index in [1.807, 2.05) is 19.0 Å². The molecule has 1 amide bonds. The lowest BCUT2D eigenvalue weighted by atomic mass is 10.1. The second kappa shape index (κ2) is 8.26. The van der Waals surface area contributed by atoms with Crippen LogP contribution in [0.2, 0.25) is 0 Å². The summed E-state index contributed by atoms with van der Waals surface area (Å²) in [5.74, 6) is -0.217. The summed E-state index contributed by atoms with van der Waals surface area (Å²) in [5, 5.41) is 0. The summed E-state index contributed by atoms with van der Waals surface area (Å²) >= 11 is 0. The van der Waals surface area contributed by atoms with Crippen molar-refractivity contribution >= 4 is 5.91 Å². The molecule has 0 radical (unpaired) electrons. The summed E-state index contributed by atoms with van der Waals surface area (Å²) in [5.41, 5.74) is 5.72. The highest BCUT2D eigenvalue weighted by Gasteiger charge is 2.26. The second-order valence-corrected chi connectivity index (χ2v) is 6.14. The van der Waals surface area contributed by atoms with E-state index in [0.717, 1.165) is 19.3 Å². The van der Waals surface area contributed by atoms with Gasteiger partial charge in [-0.25, -0.2) is 4.39 Å². The molecule has 1 aromatic carbocycles. The van der Waals surface area contributed by atoms with Gasteiger partial charge in [-0.15, -0.1) is 0 Å². The topological polar surface area (TPSA) is 58.8 Å². The third-order valence-corrected chi connectivity index (χ3v) is 4.21. The monoisotopic (exact) mass is 323 g/mol. The van der Waals surface area contributed by atoms with Crippen LogP contribution in [-0.2, 0) is 0 Å². The van der Waals surface area contributed by atoms with Crippen LogP contribution in [0, 0.1) is 5.82 Å². The zero-order valence-electron chi connectivity index (χ0n) is 13.9. The molecule has 1 aliphatic rings. The molecule has 23 heavy (non-hydrogen) atoms. The van der Waals surface area contributed by atoms with E-state index in [1.165, 1.54) is 18.2 Å². The van der Waals surface area contributed by atoms with Gasteiger partial charge in [-0.1, -0.05) is 6.42 Å². The van der Waals surface area contributed by atoms with Crippen LogP contribution in [0.4, 0.5) is 4.39 Å². The standard InChI is InChI=1S/C17H26FN3O2/c1-20(2)14-5-3-4-9-21(12-14)17(22)15-11-13(18)6-7-16(15)23-10-8-19/h6-7,11,14H,3-5,8-10,12,19H2,1-2H3/t14-/m0/s1. The molecule has 0 saturated carbocycles. The molecule has 2 N–H and O–H groups in total. The predicted octanol–water partition coefficient (Wildman–Crippen LogP) is 1.72. The Hall–Kier alpha value is -1.66. The van der Waals surface area contributed by atoms with E-state index in [-0.39, 0.29) is 11.5 Å². The first kappa shape index (κ1) is 17.7. The highest BCUT2D eigenvalue weighted by Crippen LogP contribution is 2.24. The van der Waals surface area contributed by atoms with Crippen LogP contribution >= 0.6 is 0 Å². The molecule has 6 heteroatoms. The minimum absolute atomic E-state index is 0.176. The van der Waals surface area contributed by atoms with Crippen molar-refractivity contribution in [3.05, 3.63) is 29.6 Å². The first-order valence-corrected chi connectivity index (χ1v) is 8.11. The number of amides is 1. The summed E-state index contributed by atoms with van der Waals surface area (Å²) < 4.78 is 19.1. The highest BCUT2D eigenvalue weighted by atomic mass is 19.1. The fraction of sp³-hybridized carbons (Fsp3) is 0.588. The van der Waals surface area contributed by atoms with E-state index in [1.54, 1.807) is 0 Å². The minimum atomic E-state index is -0.438. The molecule has 0 spiro atoms. The number of nitrogens with two attached hydrogens (primary N) is 1. The zero-order chi connectivity index (χ0) is 16.8. The van der Waals surface area contributed by atoms with E-state index in [0.29, 0.717) is 38.0 Å². The maximum absolute atomic E-state index is 13.6. The van der Waals surface area contributed by atoms with Gasteiger partial charge in [0, 0.05) is 25.7 Å². The molecule has 0 bridgehead atoms. The Bertz CT molecular complexity index is 537. The molecule has 0 unspecified atom stereocenters. The molecule has 5 nitrogen and oxygen atoms in total. The van der Waals surface area contributed by atoms with Crippen molar-refractivity contribution in [2.24, 2.45) is 5.73 Å². The molecule has 2 rings (SSSR count). The number of nitrogens with zero attached hydrogens (tertiary/aromatic N) is 2. The number of benzene rings is 1. The van der Waals surface area contributed by atoms with Gasteiger partial charge in [-0.2, -0.15) is 0 Å². The molecular weight excluding hydrogens is 297 g/mol. The number of halogens is 1. The van der Waals surface area contributed by atoms with Crippen LogP contribution in [0.1, 0.15) is 29.6 Å². The Labute approximate surface area is 137 Å². The van der Waals surface area contributed by atoms with Crippen molar-refractivity contribution in [1.29, 1.82) is 0 Å². The Morgan fingerprint density at radius 1 is 1.43 bits per heavy atom. The lowest BCUT2D eigenvalue weighted by Crippen LogP contribution is -2.42. The van der Waals surface area contributed by atoms with E-state index in [9.17, 15) is 9.18 Å². The zero-order valence-corrected chi connectivity index (χ0v) is 13.9. The quantitative estimate of drug-likeness (QED) is 0.896. The lowest BCUT2D eigenvalue weighted by Gasteiger charge is -2.29. The van der Waals surface area contributed by atoms with Crippen LogP contribution in [0.15, 0.2) is 18.2 Å². The summed E-state index contributed by atoms with van der Waals surface area (Å²) in [6, 6.07) is 4.38. The minimum Gasteiger partial charge on any atom is -0.491 e. The number of hydrogen-bond donors (Lipinski definition) is 1. The maximum Gasteiger partial charge on any atom is 0.257 e. The van der Waals surface area contributed by atoms with Gasteiger partial charge in [0.05, 0.1) is 5.56 Å². The number of carbonyl (C=O) groups excluding carboxylic acids is 1. The largest absolute Gasteiger partial charge is 0.491 e. The number of likely N-dealkylation sites (N-methyl/N-ethyl adjacent to an activating group) is 1. The van der Waals surface area contributed by atoms with Gasteiger partial charge >= 0.3 is 0 Å².